The first-order valence-electron chi connectivity index (χ1n) is 6.48. The van der Waals surface area contributed by atoms with Crippen LogP contribution in [-0.2, 0) is 0 Å². The molecule has 0 radical (unpaired) electrons. The molecule has 0 bridgehead atoms. The van der Waals surface area contributed by atoms with Crippen molar-refractivity contribution in [3.63, 3.8) is 0 Å². The zero-order valence-corrected chi connectivity index (χ0v) is 11.2. The highest BCUT2D eigenvalue weighted by Gasteiger charge is 2.29. The minimum absolute atomic E-state index is 0.234. The van der Waals surface area contributed by atoms with Crippen molar-refractivity contribution in [3.05, 3.63) is 71.8 Å². The van der Waals surface area contributed by atoms with Crippen LogP contribution < -0.4 is 0 Å². The molecule has 0 aliphatic carbocycles. The number of benzene rings is 2. The van der Waals surface area contributed by atoms with Gasteiger partial charge in [0.25, 0.3) is 0 Å². The lowest BCUT2D eigenvalue weighted by Gasteiger charge is -2.16. The summed E-state index contributed by atoms with van der Waals surface area (Å²) in [6.45, 7) is 1.57. The lowest BCUT2D eigenvalue weighted by atomic mass is 9.90. The van der Waals surface area contributed by atoms with Gasteiger partial charge in [0.1, 0.15) is 6.10 Å². The number of ketones is 2. The summed E-state index contributed by atoms with van der Waals surface area (Å²) in [5.41, 5.74) is 0.910. The third-order valence-electron chi connectivity index (χ3n) is 3.27. The lowest BCUT2D eigenvalue weighted by Crippen LogP contribution is -2.33. The van der Waals surface area contributed by atoms with Crippen LogP contribution in [0.3, 0.4) is 0 Å². The molecule has 0 unspecified atom stereocenters. The van der Waals surface area contributed by atoms with Crippen LogP contribution in [0.4, 0.5) is 0 Å². The fourth-order valence-corrected chi connectivity index (χ4v) is 2.01. The predicted octanol–water partition coefficient (Wildman–Crippen LogP) is 2.75. The van der Waals surface area contributed by atoms with E-state index in [-0.39, 0.29) is 5.78 Å². The quantitative estimate of drug-likeness (QED) is 0.848. The highest BCUT2D eigenvalue weighted by Crippen LogP contribution is 2.16. The van der Waals surface area contributed by atoms with Crippen LogP contribution in [0.1, 0.15) is 27.6 Å². The molecule has 2 aromatic carbocycles. The summed E-state index contributed by atoms with van der Waals surface area (Å²) in [6.07, 6.45) is -1.33. The van der Waals surface area contributed by atoms with Crippen molar-refractivity contribution in [2.75, 3.05) is 0 Å². The second kappa shape index (κ2) is 6.26. The standard InChI is InChI=1S/C17H16O3/c1-12(15(18)13-8-4-2-5-9-13)16(19)17(20)14-10-6-3-7-11-14/h2-12,16,19H,1H3/t12-,16-/m0/s1. The zero-order chi connectivity index (χ0) is 14.5. The maximum absolute atomic E-state index is 12.2. The van der Waals surface area contributed by atoms with E-state index in [0.717, 1.165) is 0 Å². The van der Waals surface area contributed by atoms with Crippen molar-refractivity contribution in [1.82, 2.24) is 0 Å². The first-order chi connectivity index (χ1) is 9.61. The molecule has 2 aromatic rings. The number of carbonyl (C=O) groups is 2. The average Bonchev–Trinajstić information content (AvgIpc) is 2.53. The van der Waals surface area contributed by atoms with Gasteiger partial charge in [0.15, 0.2) is 11.6 Å². The molecule has 0 fully saturated rings. The van der Waals surface area contributed by atoms with Crippen LogP contribution in [0.2, 0.25) is 0 Å². The number of carbonyl (C=O) groups excluding carboxylic acids is 2. The Kier molecular flexibility index (Phi) is 4.43. The number of aliphatic hydroxyl groups excluding tert-OH is 1. The molecule has 3 heteroatoms. The van der Waals surface area contributed by atoms with Crippen LogP contribution >= 0.6 is 0 Å². The lowest BCUT2D eigenvalue weighted by molar-refractivity contribution is 0.0560. The Labute approximate surface area is 117 Å². The van der Waals surface area contributed by atoms with Gasteiger partial charge in [0, 0.05) is 11.1 Å². The van der Waals surface area contributed by atoms with Gasteiger partial charge in [-0.1, -0.05) is 67.6 Å². The summed E-state index contributed by atoms with van der Waals surface area (Å²) in [6, 6.07) is 17.2. The van der Waals surface area contributed by atoms with Crippen LogP contribution in [0.25, 0.3) is 0 Å². The molecule has 0 aliphatic heterocycles. The molecule has 1 N–H and O–H groups in total. The molecule has 0 aliphatic rings. The topological polar surface area (TPSA) is 54.4 Å². The van der Waals surface area contributed by atoms with E-state index >= 15 is 0 Å². The van der Waals surface area contributed by atoms with Gasteiger partial charge in [-0.3, -0.25) is 9.59 Å². The van der Waals surface area contributed by atoms with Gasteiger partial charge in [-0.05, 0) is 0 Å². The third kappa shape index (κ3) is 3.00. The Bertz CT molecular complexity index is 535. The van der Waals surface area contributed by atoms with Gasteiger partial charge < -0.3 is 5.11 Å². The second-order valence-corrected chi connectivity index (χ2v) is 4.69. The molecule has 0 saturated heterocycles. The summed E-state index contributed by atoms with van der Waals surface area (Å²) < 4.78 is 0. The van der Waals surface area contributed by atoms with E-state index in [1.54, 1.807) is 61.5 Å². The minimum Gasteiger partial charge on any atom is -0.384 e. The SMILES string of the molecule is C[C@@H](C(=O)c1ccccc1)[C@H](O)C(=O)c1ccccc1. The Morgan fingerprint density at radius 2 is 1.20 bits per heavy atom. The molecule has 3 nitrogen and oxygen atoms in total. The molecule has 0 saturated carbocycles. The van der Waals surface area contributed by atoms with E-state index < -0.39 is 17.8 Å². The van der Waals surface area contributed by atoms with E-state index in [9.17, 15) is 14.7 Å². The maximum atomic E-state index is 12.2. The van der Waals surface area contributed by atoms with E-state index in [0.29, 0.717) is 11.1 Å². The molecular weight excluding hydrogens is 252 g/mol. The number of hydrogen-bond acceptors (Lipinski definition) is 3. The fraction of sp³-hybridized carbons (Fsp3) is 0.176. The van der Waals surface area contributed by atoms with Crippen LogP contribution in [-0.4, -0.2) is 22.8 Å². The van der Waals surface area contributed by atoms with Crippen molar-refractivity contribution < 1.29 is 14.7 Å². The van der Waals surface area contributed by atoms with Crippen molar-refractivity contribution in [2.24, 2.45) is 5.92 Å². The Balaban J connectivity index is 2.15. The molecule has 0 aromatic heterocycles. The number of hydrogen-bond donors (Lipinski definition) is 1. The highest BCUT2D eigenvalue weighted by atomic mass is 16.3. The highest BCUT2D eigenvalue weighted by molar-refractivity contribution is 6.05. The van der Waals surface area contributed by atoms with Crippen LogP contribution in [0.5, 0.6) is 0 Å². The van der Waals surface area contributed by atoms with E-state index in [1.165, 1.54) is 0 Å². The van der Waals surface area contributed by atoms with Crippen molar-refractivity contribution in [2.45, 2.75) is 13.0 Å². The predicted molar refractivity (Wildman–Crippen MR) is 76.7 cm³/mol. The second-order valence-electron chi connectivity index (χ2n) is 4.69. The number of Topliss-reactive ketones (excluding diaryl/α,β-unsaturated/α-hetero) is 2. The molecule has 2 rings (SSSR count). The van der Waals surface area contributed by atoms with Gasteiger partial charge in [0.2, 0.25) is 0 Å². The van der Waals surface area contributed by atoms with Crippen LogP contribution in [0.15, 0.2) is 60.7 Å². The monoisotopic (exact) mass is 268 g/mol. The molecule has 102 valence electrons. The zero-order valence-electron chi connectivity index (χ0n) is 11.2. The van der Waals surface area contributed by atoms with Gasteiger partial charge >= 0.3 is 0 Å². The summed E-state index contributed by atoms with van der Waals surface area (Å²) in [5, 5.41) is 10.1. The van der Waals surface area contributed by atoms with E-state index in [4.69, 9.17) is 0 Å². The molecule has 0 amide bonds. The minimum atomic E-state index is -1.33. The van der Waals surface area contributed by atoms with Gasteiger partial charge in [0.05, 0.1) is 5.92 Å². The normalized spacial score (nSPS) is 13.5. The van der Waals surface area contributed by atoms with E-state index in [2.05, 4.69) is 0 Å². The smallest absolute Gasteiger partial charge is 0.192 e. The summed E-state index contributed by atoms with van der Waals surface area (Å²) >= 11 is 0. The maximum Gasteiger partial charge on any atom is 0.192 e. The average molecular weight is 268 g/mol. The fourth-order valence-electron chi connectivity index (χ4n) is 2.01. The first-order valence-corrected chi connectivity index (χ1v) is 6.48. The number of aliphatic hydroxyl groups is 1. The van der Waals surface area contributed by atoms with Crippen molar-refractivity contribution in [1.29, 1.82) is 0 Å². The molecular formula is C17H16O3. The molecule has 2 atom stereocenters. The third-order valence-corrected chi connectivity index (χ3v) is 3.27. The summed E-state index contributed by atoms with van der Waals surface area (Å²) in [7, 11) is 0. The molecule has 0 heterocycles. The van der Waals surface area contributed by atoms with Gasteiger partial charge in [-0.25, -0.2) is 0 Å². The van der Waals surface area contributed by atoms with Gasteiger partial charge in [-0.2, -0.15) is 0 Å². The van der Waals surface area contributed by atoms with E-state index in [1.807, 2.05) is 6.07 Å². The Morgan fingerprint density at radius 1 is 0.800 bits per heavy atom. The summed E-state index contributed by atoms with van der Waals surface area (Å²) in [4.78, 5) is 24.3. The van der Waals surface area contributed by atoms with Crippen molar-refractivity contribution in [3.8, 4) is 0 Å². The number of rotatable bonds is 5. The van der Waals surface area contributed by atoms with Gasteiger partial charge in [-0.15, -0.1) is 0 Å². The Hall–Kier alpha value is -2.26. The van der Waals surface area contributed by atoms with Crippen molar-refractivity contribution >= 4 is 11.6 Å². The summed E-state index contributed by atoms with van der Waals surface area (Å²) in [5.74, 6) is -1.44. The Morgan fingerprint density at radius 3 is 1.65 bits per heavy atom. The first kappa shape index (κ1) is 14.2. The largest absolute Gasteiger partial charge is 0.384 e. The molecule has 20 heavy (non-hydrogen) atoms. The van der Waals surface area contributed by atoms with Crippen LogP contribution in [0, 0.1) is 5.92 Å². The molecule has 0 spiro atoms.